The Balaban J connectivity index is 1.24. The van der Waals surface area contributed by atoms with Crippen LogP contribution in [0.15, 0.2) is 133 Å². The second kappa shape index (κ2) is 8.44. The van der Waals surface area contributed by atoms with Gasteiger partial charge in [-0.3, -0.25) is 0 Å². The lowest BCUT2D eigenvalue weighted by atomic mass is 9.82. The van der Waals surface area contributed by atoms with Gasteiger partial charge in [0, 0.05) is 21.9 Å². The molecule has 7 aromatic rings. The van der Waals surface area contributed by atoms with Crippen LogP contribution in [-0.4, -0.2) is 0 Å². The molecule has 0 atom stereocenters. The van der Waals surface area contributed by atoms with Crippen molar-refractivity contribution >= 4 is 21.5 Å². The third-order valence-corrected chi connectivity index (χ3v) is 9.46. The van der Waals surface area contributed by atoms with Crippen molar-refractivity contribution in [2.24, 2.45) is 0 Å². The van der Waals surface area contributed by atoms with Gasteiger partial charge in [-0.15, -0.1) is 0 Å². The van der Waals surface area contributed by atoms with Crippen molar-refractivity contribution in [1.82, 2.24) is 0 Å². The Morgan fingerprint density at radius 3 is 2.07 bits per heavy atom. The van der Waals surface area contributed by atoms with Crippen LogP contribution in [0.2, 0.25) is 0 Å². The molecule has 1 heterocycles. The molecule has 0 saturated heterocycles. The van der Waals surface area contributed by atoms with E-state index < -0.39 is 0 Å². The highest BCUT2D eigenvalue weighted by Crippen LogP contribution is 2.54. The lowest BCUT2D eigenvalue weighted by Gasteiger charge is -2.25. The molecule has 0 saturated carbocycles. The Kier molecular flexibility index (Phi) is 4.73. The Hall–Kier alpha value is -5.14. The van der Waals surface area contributed by atoms with Crippen molar-refractivity contribution in [3.05, 3.63) is 145 Å². The van der Waals surface area contributed by atoms with Crippen molar-refractivity contribution in [3.8, 4) is 56.0 Å². The fourth-order valence-corrected chi connectivity index (χ4v) is 7.37. The molecule has 1 heteroatoms. The highest BCUT2D eigenvalue weighted by molar-refractivity contribution is 6.17. The Morgan fingerprint density at radius 2 is 1.17 bits per heavy atom. The zero-order valence-electron chi connectivity index (χ0n) is 23.6. The van der Waals surface area contributed by atoms with Gasteiger partial charge in [-0.05, 0) is 78.9 Å². The van der Waals surface area contributed by atoms with Gasteiger partial charge in [0.15, 0.2) is 0 Å². The molecule has 42 heavy (non-hydrogen) atoms. The lowest BCUT2D eigenvalue weighted by molar-refractivity contribution is 0.489. The van der Waals surface area contributed by atoms with E-state index in [1.54, 1.807) is 0 Å². The predicted octanol–water partition coefficient (Wildman–Crippen LogP) is 11.4. The van der Waals surface area contributed by atoms with E-state index in [4.69, 9.17) is 4.74 Å². The van der Waals surface area contributed by atoms with Crippen molar-refractivity contribution in [1.29, 1.82) is 0 Å². The number of fused-ring (bicyclic) bond motifs is 7. The quantitative estimate of drug-likeness (QED) is 0.200. The van der Waals surface area contributed by atoms with Crippen molar-refractivity contribution in [3.63, 3.8) is 0 Å². The van der Waals surface area contributed by atoms with Crippen LogP contribution in [0.1, 0.15) is 25.0 Å². The maximum absolute atomic E-state index is 6.89. The van der Waals surface area contributed by atoms with Gasteiger partial charge in [-0.25, -0.2) is 0 Å². The third-order valence-electron chi connectivity index (χ3n) is 9.46. The smallest absolute Gasteiger partial charge is 0.143 e. The minimum absolute atomic E-state index is 0.00686. The summed E-state index contributed by atoms with van der Waals surface area (Å²) < 4.78 is 6.89. The molecule has 7 aromatic carbocycles. The number of para-hydroxylation sites is 1. The molecule has 0 spiro atoms. The van der Waals surface area contributed by atoms with Gasteiger partial charge in [0.2, 0.25) is 0 Å². The molecule has 0 amide bonds. The molecular formula is C41H28O. The van der Waals surface area contributed by atoms with Gasteiger partial charge in [0.25, 0.3) is 0 Å². The molecule has 198 valence electrons. The molecule has 0 radical (unpaired) electrons. The zero-order valence-corrected chi connectivity index (χ0v) is 23.6. The first-order chi connectivity index (χ1) is 20.6. The summed E-state index contributed by atoms with van der Waals surface area (Å²) in [7, 11) is 0. The Bertz CT molecular complexity index is 2240. The summed E-state index contributed by atoms with van der Waals surface area (Å²) in [5.74, 6) is 1.86. The van der Waals surface area contributed by atoms with Gasteiger partial charge >= 0.3 is 0 Å². The number of rotatable bonds is 2. The fourth-order valence-electron chi connectivity index (χ4n) is 7.37. The van der Waals surface area contributed by atoms with E-state index in [9.17, 15) is 0 Å². The molecule has 0 aromatic heterocycles. The average Bonchev–Trinajstić information content (AvgIpc) is 3.27. The van der Waals surface area contributed by atoms with Crippen LogP contribution in [0.4, 0.5) is 0 Å². The second-order valence-corrected chi connectivity index (χ2v) is 12.1. The topological polar surface area (TPSA) is 9.23 Å². The van der Waals surface area contributed by atoms with E-state index in [2.05, 4.69) is 147 Å². The SMILES string of the molecule is CC1(C)c2ccccc2-c2cc(-c3cccc4c3Oc3cc5ccc(-c6ccccc6)cc5c5cccc-4c35)ccc21. The summed E-state index contributed by atoms with van der Waals surface area (Å²) >= 11 is 0. The average molecular weight is 537 g/mol. The molecule has 9 rings (SSSR count). The number of hydrogen-bond donors (Lipinski definition) is 0. The van der Waals surface area contributed by atoms with Crippen LogP contribution >= 0.6 is 0 Å². The Labute approximate surface area is 245 Å². The highest BCUT2D eigenvalue weighted by Gasteiger charge is 2.35. The molecule has 0 fully saturated rings. The number of hydrogen-bond acceptors (Lipinski definition) is 1. The monoisotopic (exact) mass is 536 g/mol. The largest absolute Gasteiger partial charge is 0.455 e. The standard InChI is InChI=1S/C41H28O/c1-41(2)36-17-7-6-12-30(36)35-23-27(20-21-37(35)41)29-13-8-16-33-31-14-9-15-32-34-22-26(25-10-4-3-5-11-25)18-19-28(34)24-38(39(31)32)42-40(29)33/h3-24H,1-2H3. The first-order valence-electron chi connectivity index (χ1n) is 14.7. The van der Waals surface area contributed by atoms with E-state index in [0.717, 1.165) is 22.6 Å². The molecule has 0 bridgehead atoms. The molecule has 2 aliphatic rings. The van der Waals surface area contributed by atoms with Gasteiger partial charge in [-0.2, -0.15) is 0 Å². The van der Waals surface area contributed by atoms with Crippen LogP contribution in [0.3, 0.4) is 0 Å². The lowest BCUT2D eigenvalue weighted by Crippen LogP contribution is -2.14. The highest BCUT2D eigenvalue weighted by atomic mass is 16.5. The summed E-state index contributed by atoms with van der Waals surface area (Å²) in [6.45, 7) is 4.66. The molecule has 1 aliphatic heterocycles. The predicted molar refractivity (Wildman–Crippen MR) is 175 cm³/mol. The van der Waals surface area contributed by atoms with E-state index in [1.807, 2.05) is 0 Å². The first kappa shape index (κ1) is 23.6. The van der Waals surface area contributed by atoms with Gasteiger partial charge in [0.05, 0.1) is 0 Å². The minimum atomic E-state index is -0.00686. The first-order valence-corrected chi connectivity index (χ1v) is 14.7. The van der Waals surface area contributed by atoms with E-state index >= 15 is 0 Å². The van der Waals surface area contributed by atoms with Crippen LogP contribution in [0.5, 0.6) is 11.5 Å². The Morgan fingerprint density at radius 1 is 0.452 bits per heavy atom. The van der Waals surface area contributed by atoms with Crippen LogP contribution < -0.4 is 4.74 Å². The maximum Gasteiger partial charge on any atom is 0.143 e. The number of ether oxygens (including phenoxy) is 1. The fraction of sp³-hybridized carbons (Fsp3) is 0.0732. The summed E-state index contributed by atoms with van der Waals surface area (Å²) in [6, 6.07) is 48.6. The van der Waals surface area contributed by atoms with Gasteiger partial charge in [0.1, 0.15) is 11.5 Å². The molecule has 0 unspecified atom stereocenters. The van der Waals surface area contributed by atoms with Crippen molar-refractivity contribution in [2.75, 3.05) is 0 Å². The van der Waals surface area contributed by atoms with Crippen LogP contribution in [0.25, 0.3) is 66.1 Å². The third kappa shape index (κ3) is 3.19. The minimum Gasteiger partial charge on any atom is -0.455 e. The van der Waals surface area contributed by atoms with E-state index in [1.165, 1.54) is 66.1 Å². The molecule has 1 nitrogen and oxygen atoms in total. The second-order valence-electron chi connectivity index (χ2n) is 12.1. The summed E-state index contributed by atoms with van der Waals surface area (Å²) in [6.07, 6.45) is 0. The molecule has 0 N–H and O–H groups in total. The summed E-state index contributed by atoms with van der Waals surface area (Å²) in [4.78, 5) is 0. The van der Waals surface area contributed by atoms with E-state index in [-0.39, 0.29) is 5.41 Å². The maximum atomic E-state index is 6.89. The molecular weight excluding hydrogens is 508 g/mol. The molecule has 1 aliphatic carbocycles. The van der Waals surface area contributed by atoms with Gasteiger partial charge in [-0.1, -0.05) is 129 Å². The summed E-state index contributed by atoms with van der Waals surface area (Å²) in [5.41, 5.74) is 12.6. The summed E-state index contributed by atoms with van der Waals surface area (Å²) in [5, 5.41) is 4.85. The van der Waals surface area contributed by atoms with Crippen LogP contribution in [-0.2, 0) is 5.41 Å². The number of benzene rings is 7. The van der Waals surface area contributed by atoms with Gasteiger partial charge < -0.3 is 4.74 Å². The van der Waals surface area contributed by atoms with Crippen molar-refractivity contribution in [2.45, 2.75) is 19.3 Å². The van der Waals surface area contributed by atoms with E-state index in [0.29, 0.717) is 0 Å². The normalized spacial score (nSPS) is 13.9. The van der Waals surface area contributed by atoms with Crippen LogP contribution in [0, 0.1) is 0 Å². The zero-order chi connectivity index (χ0) is 28.0. The van der Waals surface area contributed by atoms with Crippen molar-refractivity contribution < 1.29 is 4.74 Å².